The molecule has 1 aromatic carbocycles. The highest BCUT2D eigenvalue weighted by Crippen LogP contribution is 2.24. The molecule has 5 nitrogen and oxygen atoms in total. The van der Waals surface area contributed by atoms with E-state index in [4.69, 9.17) is 11.6 Å². The van der Waals surface area contributed by atoms with E-state index in [-0.39, 0.29) is 18.0 Å². The minimum Gasteiger partial charge on any atom is -0.348 e. The number of rotatable bonds is 4. The molecule has 0 bridgehead atoms. The maximum atomic E-state index is 11.8. The van der Waals surface area contributed by atoms with E-state index in [2.05, 4.69) is 22.7 Å². The predicted octanol–water partition coefficient (Wildman–Crippen LogP) is 2.49. The average Bonchev–Trinajstić information content (AvgIpc) is 2.94. The quantitative estimate of drug-likeness (QED) is 0.904. The van der Waals surface area contributed by atoms with Gasteiger partial charge in [0.15, 0.2) is 0 Å². The zero-order chi connectivity index (χ0) is 16.4. The second kappa shape index (κ2) is 6.72. The van der Waals surface area contributed by atoms with Crippen LogP contribution >= 0.6 is 11.6 Å². The number of aromatic nitrogens is 2. The third kappa shape index (κ3) is 3.74. The van der Waals surface area contributed by atoms with Crippen LogP contribution in [-0.2, 0) is 18.4 Å². The third-order valence-corrected chi connectivity index (χ3v) is 4.58. The fourth-order valence-electron chi connectivity index (χ4n) is 3.03. The largest absolute Gasteiger partial charge is 0.348 e. The molecule has 2 atom stereocenters. The molecule has 122 valence electrons. The lowest BCUT2D eigenvalue weighted by atomic mass is 9.93. The molecule has 1 aliphatic heterocycles. The number of hydrogen-bond acceptors (Lipinski definition) is 3. The molecule has 0 unspecified atom stereocenters. The SMILES string of the molecule is Cc1cc(Cl)ccc1CN[C@@H]1CCC(=O)N[C@H]1c1cnn(C)c1. The molecule has 1 aliphatic rings. The number of benzene rings is 1. The van der Waals surface area contributed by atoms with E-state index in [0.717, 1.165) is 23.6 Å². The molecule has 6 heteroatoms. The van der Waals surface area contributed by atoms with E-state index < -0.39 is 0 Å². The van der Waals surface area contributed by atoms with Crippen LogP contribution in [0.25, 0.3) is 0 Å². The van der Waals surface area contributed by atoms with E-state index in [1.165, 1.54) is 11.1 Å². The summed E-state index contributed by atoms with van der Waals surface area (Å²) in [4.78, 5) is 11.8. The molecule has 1 aromatic heterocycles. The normalized spacial score (nSPS) is 21.3. The number of nitrogens with one attached hydrogen (secondary N) is 2. The molecule has 0 aliphatic carbocycles. The van der Waals surface area contributed by atoms with Gasteiger partial charge in [0.1, 0.15) is 0 Å². The summed E-state index contributed by atoms with van der Waals surface area (Å²) in [5.74, 6) is 0.0968. The Morgan fingerprint density at radius 3 is 3.00 bits per heavy atom. The first-order chi connectivity index (χ1) is 11.0. The van der Waals surface area contributed by atoms with Gasteiger partial charge in [-0.3, -0.25) is 9.48 Å². The Labute approximate surface area is 141 Å². The van der Waals surface area contributed by atoms with Gasteiger partial charge in [0.05, 0.1) is 12.2 Å². The lowest BCUT2D eigenvalue weighted by molar-refractivity contribution is -0.123. The van der Waals surface area contributed by atoms with E-state index in [9.17, 15) is 4.79 Å². The van der Waals surface area contributed by atoms with Crippen molar-refractivity contribution in [3.8, 4) is 0 Å². The van der Waals surface area contributed by atoms with Crippen molar-refractivity contribution < 1.29 is 4.79 Å². The first-order valence-electron chi connectivity index (χ1n) is 7.79. The minimum absolute atomic E-state index is 0.0439. The van der Waals surface area contributed by atoms with Crippen LogP contribution in [0.15, 0.2) is 30.6 Å². The monoisotopic (exact) mass is 332 g/mol. The summed E-state index contributed by atoms with van der Waals surface area (Å²) in [5.41, 5.74) is 3.42. The Morgan fingerprint density at radius 1 is 1.48 bits per heavy atom. The summed E-state index contributed by atoms with van der Waals surface area (Å²) in [6, 6.07) is 6.07. The zero-order valence-electron chi connectivity index (χ0n) is 13.3. The average molecular weight is 333 g/mol. The number of amides is 1. The van der Waals surface area contributed by atoms with Crippen LogP contribution in [0.2, 0.25) is 5.02 Å². The smallest absolute Gasteiger partial charge is 0.220 e. The van der Waals surface area contributed by atoms with Gasteiger partial charge in [-0.25, -0.2) is 0 Å². The van der Waals surface area contributed by atoms with Crippen LogP contribution in [0.5, 0.6) is 0 Å². The Hall–Kier alpha value is -1.85. The number of aryl methyl sites for hydroxylation is 2. The Bertz CT molecular complexity index is 712. The van der Waals surface area contributed by atoms with Crippen LogP contribution < -0.4 is 10.6 Å². The summed E-state index contributed by atoms with van der Waals surface area (Å²) in [5, 5.41) is 11.6. The highest BCUT2D eigenvalue weighted by molar-refractivity contribution is 6.30. The van der Waals surface area contributed by atoms with Gasteiger partial charge < -0.3 is 10.6 Å². The van der Waals surface area contributed by atoms with Crippen LogP contribution in [0.1, 0.15) is 35.6 Å². The summed E-state index contributed by atoms with van der Waals surface area (Å²) in [6.45, 7) is 2.81. The minimum atomic E-state index is -0.0439. The van der Waals surface area contributed by atoms with Gasteiger partial charge in [0.2, 0.25) is 5.91 Å². The molecule has 0 radical (unpaired) electrons. The highest BCUT2D eigenvalue weighted by atomic mass is 35.5. The van der Waals surface area contributed by atoms with Gasteiger partial charge in [-0.15, -0.1) is 0 Å². The van der Waals surface area contributed by atoms with Crippen molar-refractivity contribution in [2.45, 2.75) is 38.4 Å². The van der Waals surface area contributed by atoms with Crippen molar-refractivity contribution in [2.75, 3.05) is 0 Å². The lowest BCUT2D eigenvalue weighted by Crippen LogP contribution is -2.48. The van der Waals surface area contributed by atoms with Gasteiger partial charge in [0.25, 0.3) is 0 Å². The molecule has 0 saturated carbocycles. The van der Waals surface area contributed by atoms with Gasteiger partial charge in [0, 0.05) is 42.8 Å². The number of piperidine rings is 1. The summed E-state index contributed by atoms with van der Waals surface area (Å²) < 4.78 is 1.76. The van der Waals surface area contributed by atoms with Crippen molar-refractivity contribution >= 4 is 17.5 Å². The van der Waals surface area contributed by atoms with E-state index in [0.29, 0.717) is 6.42 Å². The summed E-state index contributed by atoms with van der Waals surface area (Å²) in [7, 11) is 1.88. The number of carbonyl (C=O) groups excluding carboxylic acids is 1. The lowest BCUT2D eigenvalue weighted by Gasteiger charge is -2.32. The van der Waals surface area contributed by atoms with Crippen molar-refractivity contribution in [2.24, 2.45) is 7.05 Å². The second-order valence-corrected chi connectivity index (χ2v) is 6.53. The molecule has 1 saturated heterocycles. The second-order valence-electron chi connectivity index (χ2n) is 6.09. The van der Waals surface area contributed by atoms with Crippen LogP contribution in [0.3, 0.4) is 0 Å². The molecular formula is C17H21ClN4O. The van der Waals surface area contributed by atoms with Crippen molar-refractivity contribution in [1.29, 1.82) is 0 Å². The maximum absolute atomic E-state index is 11.8. The predicted molar refractivity (Wildman–Crippen MR) is 90.1 cm³/mol. The number of hydrogen-bond donors (Lipinski definition) is 2. The van der Waals surface area contributed by atoms with E-state index in [1.807, 2.05) is 37.6 Å². The third-order valence-electron chi connectivity index (χ3n) is 4.34. The first-order valence-corrected chi connectivity index (χ1v) is 8.17. The Morgan fingerprint density at radius 2 is 2.30 bits per heavy atom. The topological polar surface area (TPSA) is 59.0 Å². The highest BCUT2D eigenvalue weighted by Gasteiger charge is 2.30. The molecule has 2 heterocycles. The summed E-state index contributed by atoms with van der Waals surface area (Å²) >= 11 is 6.01. The fourth-order valence-corrected chi connectivity index (χ4v) is 3.26. The molecule has 1 fully saturated rings. The molecule has 2 N–H and O–H groups in total. The van der Waals surface area contributed by atoms with Crippen molar-refractivity contribution in [3.05, 3.63) is 52.3 Å². The van der Waals surface area contributed by atoms with E-state index in [1.54, 1.807) is 4.68 Å². The number of carbonyl (C=O) groups is 1. The summed E-state index contributed by atoms with van der Waals surface area (Å²) in [6.07, 6.45) is 5.14. The van der Waals surface area contributed by atoms with Gasteiger partial charge >= 0.3 is 0 Å². The number of halogens is 1. The molecule has 2 aromatic rings. The van der Waals surface area contributed by atoms with Crippen LogP contribution in [-0.4, -0.2) is 21.7 Å². The molecule has 23 heavy (non-hydrogen) atoms. The molecule has 3 rings (SSSR count). The van der Waals surface area contributed by atoms with Crippen molar-refractivity contribution in [3.63, 3.8) is 0 Å². The molecule has 0 spiro atoms. The van der Waals surface area contributed by atoms with Gasteiger partial charge in [-0.05, 0) is 36.6 Å². The van der Waals surface area contributed by atoms with Gasteiger partial charge in [-0.2, -0.15) is 5.10 Å². The van der Waals surface area contributed by atoms with Crippen LogP contribution in [0.4, 0.5) is 0 Å². The van der Waals surface area contributed by atoms with Gasteiger partial charge in [-0.1, -0.05) is 17.7 Å². The maximum Gasteiger partial charge on any atom is 0.220 e. The zero-order valence-corrected chi connectivity index (χ0v) is 14.1. The Balaban J connectivity index is 1.72. The molecular weight excluding hydrogens is 312 g/mol. The molecule has 1 amide bonds. The van der Waals surface area contributed by atoms with Crippen LogP contribution in [0, 0.1) is 6.92 Å². The number of nitrogens with zero attached hydrogens (tertiary/aromatic N) is 2. The fraction of sp³-hybridized carbons (Fsp3) is 0.412. The van der Waals surface area contributed by atoms with E-state index >= 15 is 0 Å². The Kier molecular flexibility index (Phi) is 4.68. The standard InChI is InChI=1S/C17H21ClN4O/c1-11-7-14(18)4-3-12(11)8-19-15-5-6-16(23)21-17(15)13-9-20-22(2)10-13/h3-4,7,9-10,15,17,19H,5-6,8H2,1-2H3,(H,21,23)/t15-,17+/m1/s1. The first kappa shape index (κ1) is 16.0. The van der Waals surface area contributed by atoms with Crippen molar-refractivity contribution in [1.82, 2.24) is 20.4 Å².